The number of likely N-dealkylation sites (tertiary alicyclic amines) is 1. The molecule has 1 saturated heterocycles. The summed E-state index contributed by atoms with van der Waals surface area (Å²) in [5.41, 5.74) is 3.07. The minimum Gasteiger partial charge on any atom is -0.370 e. The van der Waals surface area contributed by atoms with Crippen LogP contribution in [0.5, 0.6) is 0 Å². The van der Waals surface area contributed by atoms with E-state index in [9.17, 15) is 13.2 Å². The van der Waals surface area contributed by atoms with Gasteiger partial charge < -0.3 is 4.90 Å². The third-order valence-corrected chi connectivity index (χ3v) is 7.14. The Bertz CT molecular complexity index is 955. The van der Waals surface area contributed by atoms with Crippen molar-refractivity contribution in [2.45, 2.75) is 43.6 Å². The number of rotatable bonds is 2. The van der Waals surface area contributed by atoms with E-state index < -0.39 is 9.84 Å². The molecule has 26 heavy (non-hydrogen) atoms. The number of sulfone groups is 1. The lowest BCUT2D eigenvalue weighted by molar-refractivity contribution is -0.114. The standard InChI is InChI=1S/C20H22N2O3S/c1-3-15-17(23)11-14-13-21-18(26(2,24)25)12-16(14)19(15)22-9-7-20(8-10-22)5-4-6-20/h1,12-13H,4-11H2,2H3. The summed E-state index contributed by atoms with van der Waals surface area (Å²) in [6, 6.07) is 1.58. The van der Waals surface area contributed by atoms with Crippen LogP contribution in [0.4, 0.5) is 0 Å². The molecule has 0 radical (unpaired) electrons. The second kappa shape index (κ2) is 5.95. The lowest BCUT2D eigenvalue weighted by Crippen LogP contribution is -2.43. The van der Waals surface area contributed by atoms with Crippen LogP contribution >= 0.6 is 0 Å². The first-order valence-electron chi connectivity index (χ1n) is 9.01. The van der Waals surface area contributed by atoms with Crippen LogP contribution in [0.25, 0.3) is 5.70 Å². The molecule has 2 fully saturated rings. The number of terminal acetylenes is 1. The number of piperidine rings is 1. The smallest absolute Gasteiger partial charge is 0.192 e. The maximum atomic E-state index is 12.5. The summed E-state index contributed by atoms with van der Waals surface area (Å²) in [4.78, 5) is 18.8. The van der Waals surface area contributed by atoms with Crippen LogP contribution in [0, 0.1) is 17.8 Å². The summed E-state index contributed by atoms with van der Waals surface area (Å²) < 4.78 is 23.9. The molecule has 2 aliphatic carbocycles. The van der Waals surface area contributed by atoms with Crippen LogP contribution < -0.4 is 0 Å². The number of hydrogen-bond acceptors (Lipinski definition) is 5. The molecule has 1 aromatic heterocycles. The van der Waals surface area contributed by atoms with E-state index in [1.54, 1.807) is 6.07 Å². The van der Waals surface area contributed by atoms with Gasteiger partial charge >= 0.3 is 0 Å². The van der Waals surface area contributed by atoms with Gasteiger partial charge in [-0.3, -0.25) is 4.79 Å². The first-order valence-corrected chi connectivity index (χ1v) is 10.9. The number of carbonyl (C=O) groups excluding carboxylic acids is 1. The number of Topliss-reactive ketones (excluding diaryl/α,β-unsaturated/α-hetero) is 1. The number of pyridine rings is 1. The highest BCUT2D eigenvalue weighted by Crippen LogP contribution is 2.50. The molecule has 2 heterocycles. The fourth-order valence-corrected chi connectivity index (χ4v) is 4.99. The molecular formula is C20H22N2O3S. The molecular weight excluding hydrogens is 348 g/mol. The molecule has 4 rings (SSSR count). The molecule has 0 bridgehead atoms. The first kappa shape index (κ1) is 17.3. The number of nitrogens with zero attached hydrogens (tertiary/aromatic N) is 2. The van der Waals surface area contributed by atoms with Crippen LogP contribution in [0.1, 0.15) is 43.2 Å². The van der Waals surface area contributed by atoms with Gasteiger partial charge in [0.25, 0.3) is 0 Å². The number of carbonyl (C=O) groups is 1. The van der Waals surface area contributed by atoms with E-state index in [0.717, 1.165) is 49.0 Å². The van der Waals surface area contributed by atoms with Crippen LogP contribution in [0.2, 0.25) is 0 Å². The Labute approximate surface area is 154 Å². The fourth-order valence-electron chi connectivity index (χ4n) is 4.42. The maximum Gasteiger partial charge on any atom is 0.192 e. The number of ketones is 1. The Morgan fingerprint density at radius 2 is 1.92 bits per heavy atom. The third kappa shape index (κ3) is 2.75. The zero-order valence-corrected chi connectivity index (χ0v) is 15.7. The topological polar surface area (TPSA) is 67.3 Å². The highest BCUT2D eigenvalue weighted by Gasteiger charge is 2.41. The number of allylic oxidation sites excluding steroid dienone is 1. The van der Waals surface area contributed by atoms with Gasteiger partial charge in [-0.25, -0.2) is 13.4 Å². The van der Waals surface area contributed by atoms with Crippen LogP contribution in [-0.4, -0.2) is 43.4 Å². The number of hydrogen-bond donors (Lipinski definition) is 0. The monoisotopic (exact) mass is 370 g/mol. The van der Waals surface area contributed by atoms with Crippen molar-refractivity contribution in [1.29, 1.82) is 0 Å². The quantitative estimate of drug-likeness (QED) is 0.747. The summed E-state index contributed by atoms with van der Waals surface area (Å²) in [6.45, 7) is 1.70. The highest BCUT2D eigenvalue weighted by molar-refractivity contribution is 7.90. The highest BCUT2D eigenvalue weighted by atomic mass is 32.2. The average Bonchev–Trinajstić information content (AvgIpc) is 2.58. The molecule has 1 spiro atoms. The van der Waals surface area contributed by atoms with Crippen LogP contribution in [0.3, 0.4) is 0 Å². The summed E-state index contributed by atoms with van der Waals surface area (Å²) in [6.07, 6.45) is 14.6. The molecule has 0 atom stereocenters. The second-order valence-corrected chi connectivity index (χ2v) is 9.72. The molecule has 0 N–H and O–H groups in total. The summed E-state index contributed by atoms with van der Waals surface area (Å²) in [7, 11) is -3.43. The summed E-state index contributed by atoms with van der Waals surface area (Å²) >= 11 is 0. The van der Waals surface area contributed by atoms with Crippen molar-refractivity contribution >= 4 is 21.3 Å². The van der Waals surface area contributed by atoms with E-state index in [4.69, 9.17) is 6.42 Å². The number of aromatic nitrogens is 1. The van der Waals surface area contributed by atoms with Gasteiger partial charge in [0, 0.05) is 37.5 Å². The molecule has 3 aliphatic rings. The number of fused-ring (bicyclic) bond motifs is 1. The Kier molecular flexibility index (Phi) is 3.96. The Morgan fingerprint density at radius 3 is 2.46 bits per heavy atom. The molecule has 1 aliphatic heterocycles. The van der Waals surface area contributed by atoms with Gasteiger partial charge in [-0.1, -0.05) is 12.3 Å². The largest absolute Gasteiger partial charge is 0.370 e. The van der Waals surface area contributed by atoms with Gasteiger partial charge in [-0.2, -0.15) is 0 Å². The van der Waals surface area contributed by atoms with Crippen LogP contribution in [-0.2, 0) is 21.1 Å². The van der Waals surface area contributed by atoms with Gasteiger partial charge in [0.2, 0.25) is 0 Å². The van der Waals surface area contributed by atoms with Gasteiger partial charge in [0.1, 0.15) is 0 Å². The zero-order valence-electron chi connectivity index (χ0n) is 14.9. The second-order valence-electron chi connectivity index (χ2n) is 7.76. The zero-order chi connectivity index (χ0) is 18.5. The van der Waals surface area contributed by atoms with Gasteiger partial charge in [-0.15, -0.1) is 6.42 Å². The Balaban J connectivity index is 1.78. The van der Waals surface area contributed by atoms with Crippen LogP contribution in [0.15, 0.2) is 22.9 Å². The minimum absolute atomic E-state index is 0.0203. The van der Waals surface area contributed by atoms with Crippen molar-refractivity contribution in [2.75, 3.05) is 19.3 Å². The van der Waals surface area contributed by atoms with E-state index in [2.05, 4.69) is 15.8 Å². The molecule has 0 unspecified atom stereocenters. The van der Waals surface area contributed by atoms with Gasteiger partial charge in [0.05, 0.1) is 11.3 Å². The molecule has 0 aromatic carbocycles. The molecule has 1 saturated carbocycles. The average molecular weight is 370 g/mol. The van der Waals surface area contributed by atoms with Gasteiger partial charge in [0.15, 0.2) is 20.6 Å². The van der Waals surface area contributed by atoms with Crippen molar-refractivity contribution in [2.24, 2.45) is 5.41 Å². The van der Waals surface area contributed by atoms with E-state index in [1.165, 1.54) is 25.5 Å². The van der Waals surface area contributed by atoms with Crippen molar-refractivity contribution in [3.8, 4) is 12.3 Å². The fraction of sp³-hybridized carbons (Fsp3) is 0.500. The molecule has 6 heteroatoms. The minimum atomic E-state index is -3.43. The van der Waals surface area contributed by atoms with E-state index in [1.807, 2.05) is 0 Å². The molecule has 5 nitrogen and oxygen atoms in total. The Hall–Kier alpha value is -2.13. The van der Waals surface area contributed by atoms with E-state index >= 15 is 0 Å². The Morgan fingerprint density at radius 1 is 1.23 bits per heavy atom. The third-order valence-electron chi connectivity index (χ3n) is 6.16. The molecule has 1 aromatic rings. The normalized spacial score (nSPS) is 22.0. The molecule has 136 valence electrons. The van der Waals surface area contributed by atoms with Crippen molar-refractivity contribution in [3.05, 3.63) is 29.0 Å². The lowest BCUT2D eigenvalue weighted by Gasteiger charge is -2.49. The maximum absolute atomic E-state index is 12.5. The summed E-state index contributed by atoms with van der Waals surface area (Å²) in [5.74, 6) is 2.48. The van der Waals surface area contributed by atoms with Crippen molar-refractivity contribution in [3.63, 3.8) is 0 Å². The van der Waals surface area contributed by atoms with E-state index in [-0.39, 0.29) is 17.2 Å². The first-order chi connectivity index (χ1) is 12.3. The predicted molar refractivity (Wildman–Crippen MR) is 98.9 cm³/mol. The molecule has 0 amide bonds. The van der Waals surface area contributed by atoms with Crippen molar-refractivity contribution in [1.82, 2.24) is 9.88 Å². The predicted octanol–water partition coefficient (Wildman–Crippen LogP) is 2.22. The van der Waals surface area contributed by atoms with E-state index in [0.29, 0.717) is 11.0 Å². The van der Waals surface area contributed by atoms with Gasteiger partial charge in [-0.05, 0) is 42.7 Å². The lowest BCUT2D eigenvalue weighted by atomic mass is 9.63. The van der Waals surface area contributed by atoms with Crippen molar-refractivity contribution < 1.29 is 13.2 Å². The SMILES string of the molecule is C#CC1=C(N2CCC3(CCC3)CC2)c2cc(S(C)(=O)=O)ncc2CC1=O. The summed E-state index contributed by atoms with van der Waals surface area (Å²) in [5, 5.41) is 0.0203.